The second kappa shape index (κ2) is 13.6. The van der Waals surface area contributed by atoms with Crippen molar-refractivity contribution in [3.05, 3.63) is 194 Å². The van der Waals surface area contributed by atoms with E-state index in [0.717, 1.165) is 88.2 Å². The van der Waals surface area contributed by atoms with E-state index in [2.05, 4.69) is 138 Å². The standard InChI is InChI=1S/C57H32N4O2S/c1-2-13-35(14-3-1)61-44-21-7-4-15-36(44)42-31-33(27-29-45(42)61)34-28-30-50-43(32-34)54-41(20-12-26-51(54)64-50)57-59-55(39-18-10-24-48-52(39)37-16-5-8-22-46(37)62-48)58-56(60-57)40-19-11-25-49-53(40)38-17-6-9-23-47(38)63-49/h1-32H. The maximum atomic E-state index is 6.37. The van der Waals surface area contributed by atoms with Gasteiger partial charge in [-0.2, -0.15) is 0 Å². The van der Waals surface area contributed by atoms with Gasteiger partial charge in [-0.3, -0.25) is 0 Å². The first-order valence-corrected chi connectivity index (χ1v) is 22.2. The van der Waals surface area contributed by atoms with Crippen LogP contribution in [0.5, 0.6) is 0 Å². The lowest BCUT2D eigenvalue weighted by molar-refractivity contribution is 0.668. The van der Waals surface area contributed by atoms with Crippen LogP contribution in [0.4, 0.5) is 0 Å². The van der Waals surface area contributed by atoms with Crippen LogP contribution >= 0.6 is 11.3 Å². The lowest BCUT2D eigenvalue weighted by Gasteiger charge is -2.11. The topological polar surface area (TPSA) is 69.9 Å². The van der Waals surface area contributed by atoms with Gasteiger partial charge in [0.2, 0.25) is 0 Å². The Morgan fingerprint density at radius 2 is 0.844 bits per heavy atom. The first-order chi connectivity index (χ1) is 31.7. The fourth-order valence-electron chi connectivity index (χ4n) is 9.86. The zero-order valence-corrected chi connectivity index (χ0v) is 34.8. The van der Waals surface area contributed by atoms with Crippen molar-refractivity contribution in [1.29, 1.82) is 0 Å². The van der Waals surface area contributed by atoms with Gasteiger partial charge in [-0.05, 0) is 83.9 Å². The lowest BCUT2D eigenvalue weighted by Crippen LogP contribution is -2.01. The van der Waals surface area contributed by atoms with E-state index in [-0.39, 0.29) is 0 Å². The van der Waals surface area contributed by atoms with Gasteiger partial charge in [0, 0.05) is 74.9 Å². The molecule has 5 heterocycles. The number of aromatic nitrogens is 4. The smallest absolute Gasteiger partial charge is 0.164 e. The maximum Gasteiger partial charge on any atom is 0.164 e. The van der Waals surface area contributed by atoms with Crippen molar-refractivity contribution in [3.8, 4) is 51.0 Å². The van der Waals surface area contributed by atoms with Crippen molar-refractivity contribution in [2.75, 3.05) is 0 Å². The summed E-state index contributed by atoms with van der Waals surface area (Å²) in [5, 5.41) is 8.71. The molecule has 0 unspecified atom stereocenters. The van der Waals surface area contributed by atoms with E-state index in [4.69, 9.17) is 23.8 Å². The zero-order chi connectivity index (χ0) is 41.9. The minimum atomic E-state index is 0.571. The average molecular weight is 837 g/mol. The predicted molar refractivity (Wildman–Crippen MR) is 263 cm³/mol. The summed E-state index contributed by atoms with van der Waals surface area (Å²) in [5.41, 5.74) is 11.7. The van der Waals surface area contributed by atoms with Gasteiger partial charge < -0.3 is 13.4 Å². The van der Waals surface area contributed by atoms with Gasteiger partial charge in [0.1, 0.15) is 22.3 Å². The maximum absolute atomic E-state index is 6.37. The molecule has 0 saturated heterocycles. The summed E-state index contributed by atoms with van der Waals surface area (Å²) < 4.78 is 17.5. The molecular formula is C57H32N4O2S. The van der Waals surface area contributed by atoms with Crippen LogP contribution in [0.15, 0.2) is 203 Å². The van der Waals surface area contributed by atoms with E-state index < -0.39 is 0 Å². The van der Waals surface area contributed by atoms with Gasteiger partial charge in [0.25, 0.3) is 0 Å². The summed E-state index contributed by atoms with van der Waals surface area (Å²) >= 11 is 1.79. The molecule has 0 atom stereocenters. The first-order valence-electron chi connectivity index (χ1n) is 21.3. The van der Waals surface area contributed by atoms with Crippen molar-refractivity contribution < 1.29 is 8.83 Å². The minimum Gasteiger partial charge on any atom is -0.456 e. The first kappa shape index (κ1) is 35.2. The average Bonchev–Trinajstić information content (AvgIpc) is 4.12. The number of hydrogen-bond donors (Lipinski definition) is 0. The van der Waals surface area contributed by atoms with Gasteiger partial charge >= 0.3 is 0 Å². The Morgan fingerprint density at radius 3 is 1.50 bits per heavy atom. The van der Waals surface area contributed by atoms with Crippen molar-refractivity contribution in [2.24, 2.45) is 0 Å². The Labute approximate surface area is 368 Å². The Kier molecular flexibility index (Phi) is 7.46. The number of thiophene rings is 1. The number of rotatable bonds is 5. The molecule has 0 fully saturated rings. The molecule has 0 amide bonds. The van der Waals surface area contributed by atoms with Crippen molar-refractivity contribution >= 4 is 97.2 Å². The van der Waals surface area contributed by atoms with E-state index in [1.54, 1.807) is 11.3 Å². The van der Waals surface area contributed by atoms with E-state index in [1.165, 1.54) is 31.2 Å². The molecule has 0 saturated carbocycles. The van der Waals surface area contributed by atoms with Crippen LogP contribution in [0.3, 0.4) is 0 Å². The van der Waals surface area contributed by atoms with Crippen LogP contribution in [-0.2, 0) is 0 Å². The minimum absolute atomic E-state index is 0.571. The van der Waals surface area contributed by atoms with Crippen molar-refractivity contribution in [3.63, 3.8) is 0 Å². The fourth-order valence-corrected chi connectivity index (χ4v) is 11.0. The molecular weight excluding hydrogens is 805 g/mol. The summed E-state index contributed by atoms with van der Waals surface area (Å²) in [6.07, 6.45) is 0. The number of nitrogens with zero attached hydrogens (tertiary/aromatic N) is 4. The normalized spacial score (nSPS) is 12.1. The Balaban J connectivity index is 0.999. The molecule has 0 bridgehead atoms. The third-order valence-corrected chi connectivity index (χ3v) is 13.8. The molecule has 14 aromatic rings. The Bertz CT molecular complexity index is 4080. The molecule has 9 aromatic carbocycles. The van der Waals surface area contributed by atoms with Crippen LogP contribution in [0, 0.1) is 0 Å². The highest BCUT2D eigenvalue weighted by atomic mass is 32.1. The monoisotopic (exact) mass is 836 g/mol. The molecule has 298 valence electrons. The third-order valence-electron chi connectivity index (χ3n) is 12.7. The number of furan rings is 2. The molecule has 0 aliphatic heterocycles. The van der Waals surface area contributed by atoms with Gasteiger partial charge in [-0.1, -0.05) is 121 Å². The van der Waals surface area contributed by atoms with E-state index >= 15 is 0 Å². The van der Waals surface area contributed by atoms with Gasteiger partial charge in [-0.15, -0.1) is 11.3 Å². The number of fused-ring (bicyclic) bond motifs is 12. The molecule has 0 spiro atoms. The Hall–Kier alpha value is -8.39. The second-order valence-electron chi connectivity index (χ2n) is 16.3. The zero-order valence-electron chi connectivity index (χ0n) is 34.0. The number of hydrogen-bond acceptors (Lipinski definition) is 6. The summed E-state index contributed by atoms with van der Waals surface area (Å²) in [6, 6.07) is 68.0. The quantitative estimate of drug-likeness (QED) is 0.173. The largest absolute Gasteiger partial charge is 0.456 e. The molecule has 0 aliphatic carbocycles. The highest BCUT2D eigenvalue weighted by Gasteiger charge is 2.22. The number of para-hydroxylation sites is 4. The third kappa shape index (κ3) is 5.22. The van der Waals surface area contributed by atoms with Crippen LogP contribution in [0.2, 0.25) is 0 Å². The van der Waals surface area contributed by atoms with Crippen LogP contribution in [0.25, 0.3) is 137 Å². The van der Waals surface area contributed by atoms with Gasteiger partial charge in [-0.25, -0.2) is 15.0 Å². The molecule has 6 nitrogen and oxygen atoms in total. The molecule has 0 N–H and O–H groups in total. The van der Waals surface area contributed by atoms with E-state index in [1.807, 2.05) is 60.7 Å². The van der Waals surface area contributed by atoms with Crippen LogP contribution in [-0.4, -0.2) is 19.5 Å². The SMILES string of the molecule is c1ccc(-n2c3ccccc3c3cc(-c4ccc5sc6cccc(-c7nc(-c8cccc9oc%10ccccc%10c89)nc(-c8cccc9oc%10ccccc%10c89)n7)c6c5c4)ccc32)cc1. The molecule has 0 aliphatic rings. The molecule has 0 radical (unpaired) electrons. The summed E-state index contributed by atoms with van der Waals surface area (Å²) in [5.74, 6) is 1.74. The summed E-state index contributed by atoms with van der Waals surface area (Å²) in [6.45, 7) is 0. The molecule has 7 heteroatoms. The molecule has 14 rings (SSSR count). The van der Waals surface area contributed by atoms with Crippen LogP contribution in [0.1, 0.15) is 0 Å². The van der Waals surface area contributed by atoms with Gasteiger partial charge in [0.05, 0.1) is 11.0 Å². The van der Waals surface area contributed by atoms with Crippen LogP contribution < -0.4 is 0 Å². The summed E-state index contributed by atoms with van der Waals surface area (Å²) in [4.78, 5) is 16.1. The van der Waals surface area contributed by atoms with Gasteiger partial charge in [0.15, 0.2) is 17.5 Å². The second-order valence-corrected chi connectivity index (χ2v) is 17.4. The lowest BCUT2D eigenvalue weighted by atomic mass is 9.99. The molecule has 64 heavy (non-hydrogen) atoms. The number of benzene rings is 9. The Morgan fingerprint density at radius 1 is 0.344 bits per heavy atom. The van der Waals surface area contributed by atoms with Crippen molar-refractivity contribution in [2.45, 2.75) is 0 Å². The summed E-state index contributed by atoms with van der Waals surface area (Å²) in [7, 11) is 0. The van der Waals surface area contributed by atoms with E-state index in [9.17, 15) is 0 Å². The highest BCUT2D eigenvalue weighted by Crippen LogP contribution is 2.44. The van der Waals surface area contributed by atoms with E-state index in [0.29, 0.717) is 17.5 Å². The fraction of sp³-hybridized carbons (Fsp3) is 0. The molecule has 5 aromatic heterocycles. The predicted octanol–water partition coefficient (Wildman–Crippen LogP) is 15.8. The van der Waals surface area contributed by atoms with Crippen molar-refractivity contribution in [1.82, 2.24) is 19.5 Å². The highest BCUT2D eigenvalue weighted by molar-refractivity contribution is 7.26.